The predicted molar refractivity (Wildman–Crippen MR) is 105 cm³/mol. The Bertz CT molecular complexity index is 997. The Morgan fingerprint density at radius 3 is 2.75 bits per heavy atom. The third-order valence-electron chi connectivity index (χ3n) is 4.26. The zero-order valence-electron chi connectivity index (χ0n) is 15.8. The minimum Gasteiger partial charge on any atom is -0.491 e. The van der Waals surface area contributed by atoms with Gasteiger partial charge in [0.2, 0.25) is 0 Å². The van der Waals surface area contributed by atoms with Crippen molar-refractivity contribution in [1.82, 2.24) is 10.5 Å². The third kappa shape index (κ3) is 4.17. The van der Waals surface area contributed by atoms with Crippen molar-refractivity contribution in [2.75, 3.05) is 13.2 Å². The van der Waals surface area contributed by atoms with Crippen LogP contribution in [0.2, 0.25) is 5.02 Å². The van der Waals surface area contributed by atoms with Gasteiger partial charge in [-0.15, -0.1) is 0 Å². The highest BCUT2D eigenvalue weighted by Gasteiger charge is 2.25. The normalized spacial score (nSPS) is 10.8. The number of halogens is 2. The summed E-state index contributed by atoms with van der Waals surface area (Å²) in [7, 11) is 0. The number of carbonyl (C=O) groups excluding carboxylic acids is 1. The molecule has 1 amide bonds. The molecule has 0 fully saturated rings. The number of hydrogen-bond acceptors (Lipinski definition) is 4. The number of amides is 1. The molecule has 0 radical (unpaired) electrons. The molecule has 0 saturated carbocycles. The summed E-state index contributed by atoms with van der Waals surface area (Å²) in [6.07, 6.45) is 0. The second-order valence-corrected chi connectivity index (χ2v) is 6.84. The molecule has 0 aliphatic rings. The fourth-order valence-electron chi connectivity index (χ4n) is 2.91. The van der Waals surface area contributed by atoms with Gasteiger partial charge in [-0.05, 0) is 44.5 Å². The Kier molecular flexibility index (Phi) is 5.99. The monoisotopic (exact) mass is 402 g/mol. The van der Waals surface area contributed by atoms with Gasteiger partial charge in [0.15, 0.2) is 0 Å². The van der Waals surface area contributed by atoms with Crippen molar-refractivity contribution in [3.05, 3.63) is 69.7 Å². The number of hydrogen-bond donors (Lipinski definition) is 1. The molecule has 0 unspecified atom stereocenters. The van der Waals surface area contributed by atoms with Crippen molar-refractivity contribution < 1.29 is 18.4 Å². The Morgan fingerprint density at radius 1 is 1.25 bits per heavy atom. The van der Waals surface area contributed by atoms with E-state index in [-0.39, 0.29) is 40.8 Å². The molecule has 3 rings (SSSR count). The van der Waals surface area contributed by atoms with E-state index in [1.807, 2.05) is 32.0 Å². The molecule has 7 heteroatoms. The molecule has 0 aliphatic heterocycles. The van der Waals surface area contributed by atoms with Crippen LogP contribution in [0.3, 0.4) is 0 Å². The van der Waals surface area contributed by atoms with E-state index in [0.717, 1.165) is 16.9 Å². The van der Waals surface area contributed by atoms with Gasteiger partial charge in [-0.3, -0.25) is 4.79 Å². The van der Waals surface area contributed by atoms with Crippen molar-refractivity contribution in [3.8, 4) is 17.0 Å². The molecule has 0 saturated heterocycles. The molecule has 3 aromatic rings. The molecular weight excluding hydrogens is 383 g/mol. The molecule has 0 spiro atoms. The fourth-order valence-corrected chi connectivity index (χ4v) is 3.16. The zero-order valence-corrected chi connectivity index (χ0v) is 16.6. The highest BCUT2D eigenvalue weighted by atomic mass is 35.5. The molecule has 1 aromatic heterocycles. The van der Waals surface area contributed by atoms with Crippen molar-refractivity contribution in [3.63, 3.8) is 0 Å². The second-order valence-electron chi connectivity index (χ2n) is 6.43. The summed E-state index contributed by atoms with van der Waals surface area (Å²) in [6, 6.07) is 10.2. The molecule has 0 aliphatic carbocycles. The minimum atomic E-state index is -0.576. The van der Waals surface area contributed by atoms with Gasteiger partial charge >= 0.3 is 0 Å². The quantitative estimate of drug-likeness (QED) is 0.597. The summed E-state index contributed by atoms with van der Waals surface area (Å²) in [5.74, 6) is 0.0345. The summed E-state index contributed by atoms with van der Waals surface area (Å²) in [6.45, 7) is 6.12. The largest absolute Gasteiger partial charge is 0.491 e. The summed E-state index contributed by atoms with van der Waals surface area (Å²) < 4.78 is 25.1. The van der Waals surface area contributed by atoms with Crippen LogP contribution in [0, 0.1) is 26.6 Å². The van der Waals surface area contributed by atoms with Crippen LogP contribution in [0.1, 0.15) is 27.2 Å². The summed E-state index contributed by atoms with van der Waals surface area (Å²) >= 11 is 6.10. The first-order valence-electron chi connectivity index (χ1n) is 8.77. The van der Waals surface area contributed by atoms with Gasteiger partial charge < -0.3 is 14.6 Å². The first-order chi connectivity index (χ1) is 13.4. The topological polar surface area (TPSA) is 64.4 Å². The Balaban J connectivity index is 1.69. The van der Waals surface area contributed by atoms with Crippen LogP contribution in [0.4, 0.5) is 4.39 Å². The van der Waals surface area contributed by atoms with Crippen LogP contribution >= 0.6 is 11.6 Å². The number of ether oxygens (including phenoxy) is 1. The average molecular weight is 403 g/mol. The average Bonchev–Trinajstić information content (AvgIpc) is 3.01. The Morgan fingerprint density at radius 2 is 2.04 bits per heavy atom. The van der Waals surface area contributed by atoms with Crippen molar-refractivity contribution >= 4 is 17.5 Å². The highest BCUT2D eigenvalue weighted by molar-refractivity contribution is 6.33. The van der Waals surface area contributed by atoms with E-state index in [1.165, 1.54) is 18.2 Å². The van der Waals surface area contributed by atoms with Gasteiger partial charge in [-0.2, -0.15) is 0 Å². The first kappa shape index (κ1) is 19.9. The molecular formula is C21H20ClFN2O3. The maximum Gasteiger partial charge on any atom is 0.257 e. The third-order valence-corrected chi connectivity index (χ3v) is 4.58. The lowest BCUT2D eigenvalue weighted by Gasteiger charge is -2.11. The zero-order chi connectivity index (χ0) is 20.3. The van der Waals surface area contributed by atoms with Crippen LogP contribution in [0.5, 0.6) is 5.75 Å². The van der Waals surface area contributed by atoms with Crippen LogP contribution in [-0.2, 0) is 0 Å². The maximum atomic E-state index is 14.2. The van der Waals surface area contributed by atoms with Gasteiger partial charge in [0.05, 0.1) is 17.1 Å². The second kappa shape index (κ2) is 8.44. The van der Waals surface area contributed by atoms with Crippen LogP contribution in [-0.4, -0.2) is 24.2 Å². The van der Waals surface area contributed by atoms with Crippen molar-refractivity contribution in [2.45, 2.75) is 20.8 Å². The standard InChI is InChI=1S/C21H20ClFN2O3/c1-12-7-8-17(13(2)11-12)27-10-9-24-21(26)18-14(3)28-25-20(18)19-15(22)5-4-6-16(19)23/h4-8,11H,9-10H2,1-3H3,(H,24,26). The number of rotatable bonds is 6. The molecule has 1 N–H and O–H groups in total. The van der Waals surface area contributed by atoms with E-state index in [4.69, 9.17) is 20.9 Å². The van der Waals surface area contributed by atoms with Crippen molar-refractivity contribution in [2.24, 2.45) is 0 Å². The minimum absolute atomic E-state index is 0.0395. The van der Waals surface area contributed by atoms with Gasteiger partial charge in [0.1, 0.15) is 35.2 Å². The van der Waals surface area contributed by atoms with E-state index in [9.17, 15) is 9.18 Å². The van der Waals surface area contributed by atoms with Crippen molar-refractivity contribution in [1.29, 1.82) is 0 Å². The lowest BCUT2D eigenvalue weighted by Crippen LogP contribution is -2.28. The number of carbonyl (C=O) groups is 1. The van der Waals surface area contributed by atoms with Gasteiger partial charge in [0.25, 0.3) is 5.91 Å². The van der Waals surface area contributed by atoms with E-state index in [0.29, 0.717) is 0 Å². The Hall–Kier alpha value is -2.86. The van der Waals surface area contributed by atoms with E-state index in [2.05, 4.69) is 10.5 Å². The SMILES string of the molecule is Cc1ccc(OCCNC(=O)c2c(-c3c(F)cccc3Cl)noc2C)c(C)c1. The van der Waals surface area contributed by atoms with E-state index >= 15 is 0 Å². The molecule has 0 atom stereocenters. The fraction of sp³-hybridized carbons (Fsp3) is 0.238. The number of nitrogens with one attached hydrogen (secondary N) is 1. The first-order valence-corrected chi connectivity index (χ1v) is 9.15. The number of nitrogens with zero attached hydrogens (tertiary/aromatic N) is 1. The summed E-state index contributed by atoms with van der Waals surface area (Å²) in [5, 5.41) is 6.73. The number of benzene rings is 2. The van der Waals surface area contributed by atoms with Crippen LogP contribution in [0.15, 0.2) is 40.9 Å². The Labute approximate surface area is 167 Å². The molecule has 2 aromatic carbocycles. The highest BCUT2D eigenvalue weighted by Crippen LogP contribution is 2.33. The molecule has 146 valence electrons. The van der Waals surface area contributed by atoms with Gasteiger partial charge in [-0.1, -0.05) is 40.5 Å². The number of aryl methyl sites for hydroxylation is 3. The maximum absolute atomic E-state index is 14.2. The lowest BCUT2D eigenvalue weighted by molar-refractivity contribution is 0.0946. The van der Waals surface area contributed by atoms with Crippen LogP contribution in [0.25, 0.3) is 11.3 Å². The molecule has 5 nitrogen and oxygen atoms in total. The predicted octanol–water partition coefficient (Wildman–Crippen LogP) is 4.87. The molecule has 28 heavy (non-hydrogen) atoms. The van der Waals surface area contributed by atoms with Gasteiger partial charge in [0, 0.05) is 0 Å². The van der Waals surface area contributed by atoms with Gasteiger partial charge in [-0.25, -0.2) is 4.39 Å². The van der Waals surface area contributed by atoms with Crippen LogP contribution < -0.4 is 10.1 Å². The van der Waals surface area contributed by atoms with E-state index in [1.54, 1.807) is 6.92 Å². The lowest BCUT2D eigenvalue weighted by atomic mass is 10.0. The molecule has 0 bridgehead atoms. The number of aromatic nitrogens is 1. The summed E-state index contributed by atoms with van der Waals surface area (Å²) in [4.78, 5) is 12.6. The smallest absolute Gasteiger partial charge is 0.257 e. The summed E-state index contributed by atoms with van der Waals surface area (Å²) in [5.41, 5.74) is 2.45. The molecule has 1 heterocycles. The van der Waals surface area contributed by atoms with E-state index < -0.39 is 11.7 Å².